The zero-order valence-electron chi connectivity index (χ0n) is 15.6. The van der Waals surface area contributed by atoms with Gasteiger partial charge in [0.05, 0.1) is 5.39 Å². The number of fused-ring (bicyclic) bond motifs is 3. The fourth-order valence-electron chi connectivity index (χ4n) is 3.00. The van der Waals surface area contributed by atoms with Crippen molar-refractivity contribution in [3.8, 4) is 5.75 Å². The highest BCUT2D eigenvalue weighted by Crippen LogP contribution is 2.26. The number of carboxylic acid groups (broad SMARTS) is 1. The van der Waals surface area contributed by atoms with E-state index in [1.54, 1.807) is 37.3 Å². The zero-order valence-corrected chi connectivity index (χ0v) is 15.6. The number of hydrogen-bond acceptors (Lipinski definition) is 5. The van der Waals surface area contributed by atoms with E-state index in [0.717, 1.165) is 10.8 Å². The fourth-order valence-corrected chi connectivity index (χ4v) is 3.00. The molecule has 0 aliphatic heterocycles. The number of ether oxygens (including phenoxy) is 1. The van der Waals surface area contributed by atoms with E-state index in [0.29, 0.717) is 23.1 Å². The van der Waals surface area contributed by atoms with E-state index in [2.05, 4.69) is 5.32 Å². The van der Waals surface area contributed by atoms with Crippen molar-refractivity contribution in [1.29, 1.82) is 0 Å². The first-order valence-electron chi connectivity index (χ1n) is 9.01. The summed E-state index contributed by atoms with van der Waals surface area (Å²) in [5.74, 6) is -1.48. The van der Waals surface area contributed by atoms with Crippen LogP contribution in [0.5, 0.6) is 5.75 Å². The van der Waals surface area contributed by atoms with E-state index in [1.807, 2.05) is 19.1 Å². The zero-order chi connectivity index (χ0) is 20.3. The lowest BCUT2D eigenvalue weighted by molar-refractivity contribution is -0.143. The third kappa shape index (κ3) is 3.98. The van der Waals surface area contributed by atoms with Gasteiger partial charge in [-0.2, -0.15) is 0 Å². The van der Waals surface area contributed by atoms with Crippen molar-refractivity contribution in [2.45, 2.75) is 26.3 Å². The molecule has 0 bridgehead atoms. The molecule has 146 valence electrons. The smallest absolute Gasteiger partial charge is 0.344 e. The molecule has 0 saturated heterocycles. The van der Waals surface area contributed by atoms with Gasteiger partial charge in [0.25, 0.3) is 5.91 Å². The molecule has 3 rings (SSSR count). The summed E-state index contributed by atoms with van der Waals surface area (Å²) in [5, 5.41) is 13.7. The number of carbonyl (C=O) groups is 2. The molecule has 0 unspecified atom stereocenters. The molecule has 28 heavy (non-hydrogen) atoms. The number of carbonyl (C=O) groups excluding carboxylic acids is 1. The monoisotopic (exact) mass is 383 g/mol. The fraction of sp³-hybridized carbons (Fsp3) is 0.286. The topological polar surface area (TPSA) is 106 Å². The highest BCUT2D eigenvalue weighted by atomic mass is 16.5. The Hall–Kier alpha value is -3.35. The average Bonchev–Trinajstić information content (AvgIpc) is 2.69. The molecule has 0 spiro atoms. The number of amides is 1. The highest BCUT2D eigenvalue weighted by Gasteiger charge is 2.25. The minimum atomic E-state index is -1.08. The molecular formula is C21H21NO6. The van der Waals surface area contributed by atoms with E-state index in [4.69, 9.17) is 9.15 Å². The standard InChI is InChI=1S/C21H21NO6/c1-3-12(2)19(20(24)25)22-18(23)11-27-13-8-9-15-14-6-4-5-7-16(14)21(26)28-17(15)10-13/h4-10,12,19H,3,11H2,1-2H3,(H,22,23)(H,24,25)/t12-,19+/m1/s1. The molecule has 7 nitrogen and oxygen atoms in total. The van der Waals surface area contributed by atoms with Gasteiger partial charge in [-0.15, -0.1) is 0 Å². The Balaban J connectivity index is 1.76. The minimum Gasteiger partial charge on any atom is -0.484 e. The molecule has 2 N–H and O–H groups in total. The maximum atomic E-state index is 12.1. The van der Waals surface area contributed by atoms with Gasteiger partial charge in [-0.25, -0.2) is 9.59 Å². The minimum absolute atomic E-state index is 0.204. The van der Waals surface area contributed by atoms with Gasteiger partial charge in [0.15, 0.2) is 6.61 Å². The van der Waals surface area contributed by atoms with E-state index >= 15 is 0 Å². The van der Waals surface area contributed by atoms with Gasteiger partial charge in [0, 0.05) is 11.5 Å². The molecule has 2 atom stereocenters. The molecular weight excluding hydrogens is 362 g/mol. The van der Waals surface area contributed by atoms with Gasteiger partial charge >= 0.3 is 11.6 Å². The Kier molecular flexibility index (Phi) is 5.63. The van der Waals surface area contributed by atoms with Crippen LogP contribution in [-0.4, -0.2) is 29.6 Å². The van der Waals surface area contributed by atoms with Crippen LogP contribution in [0.1, 0.15) is 20.3 Å². The van der Waals surface area contributed by atoms with Crippen LogP contribution < -0.4 is 15.7 Å². The van der Waals surface area contributed by atoms with Crippen LogP contribution in [0, 0.1) is 5.92 Å². The number of rotatable bonds is 7. The van der Waals surface area contributed by atoms with Crippen molar-refractivity contribution in [2.75, 3.05) is 6.61 Å². The van der Waals surface area contributed by atoms with Gasteiger partial charge in [-0.05, 0) is 29.5 Å². The molecule has 0 aliphatic carbocycles. The number of carboxylic acids is 1. The predicted octanol–water partition coefficient (Wildman–Crippen LogP) is 2.94. The van der Waals surface area contributed by atoms with Crippen molar-refractivity contribution in [3.63, 3.8) is 0 Å². The first-order valence-corrected chi connectivity index (χ1v) is 9.01. The summed E-state index contributed by atoms with van der Waals surface area (Å²) in [7, 11) is 0. The summed E-state index contributed by atoms with van der Waals surface area (Å²) in [5.41, 5.74) is -0.0968. The molecule has 0 fully saturated rings. The van der Waals surface area contributed by atoms with Crippen molar-refractivity contribution < 1.29 is 23.8 Å². The molecule has 1 aromatic heterocycles. The van der Waals surface area contributed by atoms with Crippen LogP contribution in [0.15, 0.2) is 51.7 Å². The molecule has 3 aromatic rings. The summed E-state index contributed by atoms with van der Waals surface area (Å²) in [6, 6.07) is 11.1. The molecule has 1 heterocycles. The summed E-state index contributed by atoms with van der Waals surface area (Å²) in [6.45, 7) is 3.27. The van der Waals surface area contributed by atoms with Crippen LogP contribution in [0.4, 0.5) is 0 Å². The van der Waals surface area contributed by atoms with Crippen LogP contribution in [0.2, 0.25) is 0 Å². The van der Waals surface area contributed by atoms with E-state index < -0.39 is 23.5 Å². The first kappa shape index (κ1) is 19.4. The third-order valence-corrected chi connectivity index (χ3v) is 4.76. The van der Waals surface area contributed by atoms with Crippen LogP contribution in [-0.2, 0) is 9.59 Å². The Morgan fingerprint density at radius 2 is 1.86 bits per heavy atom. The Labute approximate surface area is 160 Å². The SMILES string of the molecule is CC[C@@H](C)[C@H](NC(=O)COc1ccc2c(c1)oc(=O)c1ccccc12)C(=O)O. The molecule has 1 amide bonds. The third-order valence-electron chi connectivity index (χ3n) is 4.76. The van der Waals surface area contributed by atoms with E-state index in [1.165, 1.54) is 0 Å². The Morgan fingerprint density at radius 1 is 1.14 bits per heavy atom. The highest BCUT2D eigenvalue weighted by molar-refractivity contribution is 6.04. The Bertz CT molecular complexity index is 1090. The van der Waals surface area contributed by atoms with Gasteiger partial charge in [0.2, 0.25) is 0 Å². The largest absolute Gasteiger partial charge is 0.484 e. The van der Waals surface area contributed by atoms with Crippen LogP contribution >= 0.6 is 0 Å². The lowest BCUT2D eigenvalue weighted by Crippen LogP contribution is -2.46. The maximum Gasteiger partial charge on any atom is 0.344 e. The molecule has 0 aliphatic rings. The number of nitrogens with one attached hydrogen (secondary N) is 1. The summed E-state index contributed by atoms with van der Waals surface area (Å²) >= 11 is 0. The lowest BCUT2D eigenvalue weighted by atomic mass is 9.99. The number of aliphatic carboxylic acids is 1. The lowest BCUT2D eigenvalue weighted by Gasteiger charge is -2.20. The van der Waals surface area contributed by atoms with Crippen molar-refractivity contribution in [2.24, 2.45) is 5.92 Å². The molecule has 2 aromatic carbocycles. The van der Waals surface area contributed by atoms with Gasteiger partial charge < -0.3 is 19.6 Å². The summed E-state index contributed by atoms with van der Waals surface area (Å²) < 4.78 is 10.8. The quantitative estimate of drug-likeness (QED) is 0.480. The van der Waals surface area contributed by atoms with Gasteiger partial charge in [0.1, 0.15) is 17.4 Å². The second-order valence-corrected chi connectivity index (χ2v) is 6.65. The van der Waals surface area contributed by atoms with Gasteiger partial charge in [-0.3, -0.25) is 4.79 Å². The van der Waals surface area contributed by atoms with Crippen LogP contribution in [0.3, 0.4) is 0 Å². The first-order chi connectivity index (χ1) is 13.4. The van der Waals surface area contributed by atoms with Crippen LogP contribution in [0.25, 0.3) is 21.7 Å². The van der Waals surface area contributed by atoms with E-state index in [9.17, 15) is 19.5 Å². The van der Waals surface area contributed by atoms with E-state index in [-0.39, 0.29) is 12.5 Å². The number of hydrogen-bond donors (Lipinski definition) is 2. The summed E-state index contributed by atoms with van der Waals surface area (Å²) in [6.07, 6.45) is 0.621. The molecule has 0 radical (unpaired) electrons. The maximum absolute atomic E-state index is 12.1. The predicted molar refractivity (Wildman–Crippen MR) is 105 cm³/mol. The second-order valence-electron chi connectivity index (χ2n) is 6.65. The Morgan fingerprint density at radius 3 is 2.54 bits per heavy atom. The van der Waals surface area contributed by atoms with Crippen molar-refractivity contribution in [3.05, 3.63) is 52.9 Å². The normalized spacial score (nSPS) is 13.2. The second kappa shape index (κ2) is 8.12. The van der Waals surface area contributed by atoms with Crippen molar-refractivity contribution >= 4 is 33.6 Å². The average molecular weight is 383 g/mol. The number of benzene rings is 2. The molecule has 0 saturated carbocycles. The van der Waals surface area contributed by atoms with Crippen molar-refractivity contribution in [1.82, 2.24) is 5.32 Å². The summed E-state index contributed by atoms with van der Waals surface area (Å²) in [4.78, 5) is 35.5. The van der Waals surface area contributed by atoms with Gasteiger partial charge in [-0.1, -0.05) is 38.5 Å². The molecule has 7 heteroatoms.